The van der Waals surface area contributed by atoms with E-state index in [9.17, 15) is 23.1 Å². The smallest absolute Gasteiger partial charge is 0.437 e. The van der Waals surface area contributed by atoms with Crippen LogP contribution < -0.4 is 4.74 Å². The van der Waals surface area contributed by atoms with Gasteiger partial charge in [-0.15, -0.1) is 0 Å². The molecule has 1 aliphatic heterocycles. The minimum Gasteiger partial charge on any atom is -0.489 e. The summed E-state index contributed by atoms with van der Waals surface area (Å²) in [6.07, 6.45) is -4.20. The largest absolute Gasteiger partial charge is 0.489 e. The number of ether oxygens (including phenoxy) is 1. The molecule has 1 N–H and O–H groups in total. The quantitative estimate of drug-likeness (QED) is 0.801. The summed E-state index contributed by atoms with van der Waals surface area (Å²) >= 11 is 3.07. The molecule has 0 spiro atoms. The molecule has 0 unspecified atom stereocenters. The summed E-state index contributed by atoms with van der Waals surface area (Å²) in [5.41, 5.74) is -2.51. The highest BCUT2D eigenvalue weighted by Gasteiger charge is 2.56. The van der Waals surface area contributed by atoms with Crippen molar-refractivity contribution in [1.82, 2.24) is 9.88 Å². The number of carbonyl (C=O) groups is 1. The van der Waals surface area contributed by atoms with E-state index in [1.54, 1.807) is 0 Å². The molecule has 1 aliphatic rings. The first-order valence-corrected chi connectivity index (χ1v) is 8.04. The van der Waals surface area contributed by atoms with Gasteiger partial charge >= 0.3 is 12.3 Å². The maximum absolute atomic E-state index is 13.1. The molecule has 1 saturated heterocycles. The summed E-state index contributed by atoms with van der Waals surface area (Å²) in [6, 6.07) is 1.19. The molecule has 2 rings (SSSR count). The molecule has 1 fully saturated rings. The zero-order valence-electron chi connectivity index (χ0n) is 13.4. The SMILES string of the molecule is CC(C)(C)[C@]1(COc2cc(Br)cnc2C(F)(F)F)CCN1C(=O)O. The third-order valence-corrected chi connectivity index (χ3v) is 4.88. The highest BCUT2D eigenvalue weighted by atomic mass is 79.9. The highest BCUT2D eigenvalue weighted by molar-refractivity contribution is 9.10. The zero-order chi connectivity index (χ0) is 18.3. The van der Waals surface area contributed by atoms with Gasteiger partial charge in [-0.1, -0.05) is 20.8 Å². The molecule has 5 nitrogen and oxygen atoms in total. The van der Waals surface area contributed by atoms with Crippen molar-refractivity contribution in [3.05, 3.63) is 22.4 Å². The maximum atomic E-state index is 13.1. The average molecular weight is 411 g/mol. The lowest BCUT2D eigenvalue weighted by molar-refractivity contribution is -0.144. The van der Waals surface area contributed by atoms with Crippen molar-refractivity contribution in [2.75, 3.05) is 13.2 Å². The number of amides is 1. The number of alkyl halides is 3. The van der Waals surface area contributed by atoms with E-state index in [0.29, 0.717) is 17.4 Å². The van der Waals surface area contributed by atoms with Crippen molar-refractivity contribution in [1.29, 1.82) is 0 Å². The number of halogens is 4. The topological polar surface area (TPSA) is 62.7 Å². The number of hydrogen-bond donors (Lipinski definition) is 1. The molecule has 0 radical (unpaired) electrons. The van der Waals surface area contributed by atoms with E-state index < -0.39 is 34.7 Å². The molecule has 2 heterocycles. The van der Waals surface area contributed by atoms with Crippen molar-refractivity contribution in [3.63, 3.8) is 0 Å². The fourth-order valence-electron chi connectivity index (χ4n) is 2.86. The van der Waals surface area contributed by atoms with Crippen LogP contribution in [0.1, 0.15) is 32.9 Å². The Labute approximate surface area is 145 Å². The van der Waals surface area contributed by atoms with Crippen LogP contribution in [-0.2, 0) is 6.18 Å². The molecule has 0 bridgehead atoms. The van der Waals surface area contributed by atoms with Gasteiger partial charge in [0.2, 0.25) is 0 Å². The summed E-state index contributed by atoms with van der Waals surface area (Å²) < 4.78 is 45.0. The first-order chi connectivity index (χ1) is 10.9. The highest BCUT2D eigenvalue weighted by Crippen LogP contribution is 2.46. The van der Waals surface area contributed by atoms with E-state index in [4.69, 9.17) is 4.74 Å². The van der Waals surface area contributed by atoms with Gasteiger partial charge < -0.3 is 9.84 Å². The number of pyridine rings is 1. The molecule has 0 aliphatic carbocycles. The van der Waals surface area contributed by atoms with Gasteiger partial charge in [-0.25, -0.2) is 9.78 Å². The standard InChI is InChI=1S/C15H18BrF3N2O3/c1-13(2,3)14(4-5-21(14)12(22)23)8-24-10-6-9(16)7-20-11(10)15(17,18)19/h6-7H,4-5,8H2,1-3H3,(H,22,23)/t14-/m1/s1. The first kappa shape index (κ1) is 18.8. The number of aromatic nitrogens is 1. The van der Waals surface area contributed by atoms with Gasteiger partial charge in [-0.05, 0) is 33.8 Å². The molecule has 1 aromatic rings. The molecular formula is C15H18BrF3N2O3. The molecule has 9 heteroatoms. The molecule has 134 valence electrons. The van der Waals surface area contributed by atoms with E-state index >= 15 is 0 Å². The fourth-order valence-corrected chi connectivity index (χ4v) is 3.17. The van der Waals surface area contributed by atoms with Gasteiger partial charge in [-0.2, -0.15) is 13.2 Å². The number of hydrogen-bond acceptors (Lipinski definition) is 3. The summed E-state index contributed by atoms with van der Waals surface area (Å²) in [4.78, 5) is 16.0. The van der Waals surface area contributed by atoms with E-state index in [1.165, 1.54) is 11.0 Å². The third kappa shape index (κ3) is 3.31. The van der Waals surface area contributed by atoms with Crippen LogP contribution in [0.4, 0.5) is 18.0 Å². The Balaban J connectivity index is 2.32. The van der Waals surface area contributed by atoms with E-state index in [1.807, 2.05) is 20.8 Å². The lowest BCUT2D eigenvalue weighted by Gasteiger charge is -2.58. The number of carboxylic acid groups (broad SMARTS) is 1. The van der Waals surface area contributed by atoms with Crippen LogP contribution in [-0.4, -0.2) is 39.8 Å². The maximum Gasteiger partial charge on any atom is 0.437 e. The van der Waals surface area contributed by atoms with Crippen LogP contribution in [0.5, 0.6) is 5.75 Å². The Morgan fingerprint density at radius 2 is 2.08 bits per heavy atom. The Morgan fingerprint density at radius 1 is 1.46 bits per heavy atom. The molecule has 1 atom stereocenters. The van der Waals surface area contributed by atoms with Crippen LogP contribution in [0.2, 0.25) is 0 Å². The Bertz CT molecular complexity index is 646. The zero-order valence-corrected chi connectivity index (χ0v) is 15.0. The van der Waals surface area contributed by atoms with Crippen molar-refractivity contribution in [2.45, 2.75) is 38.9 Å². The molecule has 24 heavy (non-hydrogen) atoms. The second kappa shape index (κ2) is 6.09. The van der Waals surface area contributed by atoms with Crippen LogP contribution in [0.15, 0.2) is 16.7 Å². The third-order valence-electron chi connectivity index (χ3n) is 4.45. The van der Waals surface area contributed by atoms with Gasteiger partial charge in [0.15, 0.2) is 11.4 Å². The van der Waals surface area contributed by atoms with E-state index in [2.05, 4.69) is 20.9 Å². The Hall–Kier alpha value is -1.51. The van der Waals surface area contributed by atoms with Crippen molar-refractivity contribution >= 4 is 22.0 Å². The predicted octanol–water partition coefficient (Wildman–Crippen LogP) is 4.41. The van der Waals surface area contributed by atoms with Crippen molar-refractivity contribution < 1.29 is 27.8 Å². The number of rotatable bonds is 3. The van der Waals surface area contributed by atoms with Crippen LogP contribution in [0.25, 0.3) is 0 Å². The molecule has 1 amide bonds. The Morgan fingerprint density at radius 3 is 2.50 bits per heavy atom. The second-order valence-corrected chi connectivity index (χ2v) is 7.67. The molecule has 0 aromatic carbocycles. The lowest BCUT2D eigenvalue weighted by atomic mass is 9.66. The molecule has 0 saturated carbocycles. The van der Waals surface area contributed by atoms with Crippen molar-refractivity contribution in [2.24, 2.45) is 5.41 Å². The fraction of sp³-hybridized carbons (Fsp3) is 0.600. The van der Waals surface area contributed by atoms with E-state index in [0.717, 1.165) is 6.20 Å². The van der Waals surface area contributed by atoms with Crippen LogP contribution >= 0.6 is 15.9 Å². The van der Waals surface area contributed by atoms with E-state index in [-0.39, 0.29) is 6.61 Å². The summed E-state index contributed by atoms with van der Waals surface area (Å²) in [7, 11) is 0. The van der Waals surface area contributed by atoms with Gasteiger partial charge in [-0.3, -0.25) is 4.90 Å². The molecule has 1 aromatic heterocycles. The summed E-state index contributed by atoms with van der Waals surface area (Å²) in [5.74, 6) is -0.419. The normalized spacial score (nSPS) is 21.4. The van der Waals surface area contributed by atoms with Crippen LogP contribution in [0, 0.1) is 5.41 Å². The predicted molar refractivity (Wildman–Crippen MR) is 84.0 cm³/mol. The Kier molecular flexibility index (Phi) is 4.78. The van der Waals surface area contributed by atoms with Crippen molar-refractivity contribution in [3.8, 4) is 5.75 Å². The van der Waals surface area contributed by atoms with Gasteiger partial charge in [0.1, 0.15) is 6.61 Å². The van der Waals surface area contributed by atoms with Crippen LogP contribution in [0.3, 0.4) is 0 Å². The summed E-state index contributed by atoms with van der Waals surface area (Å²) in [6.45, 7) is 5.68. The average Bonchev–Trinajstić information content (AvgIpc) is 2.33. The van der Waals surface area contributed by atoms with Gasteiger partial charge in [0.25, 0.3) is 0 Å². The monoisotopic (exact) mass is 410 g/mol. The summed E-state index contributed by atoms with van der Waals surface area (Å²) in [5, 5.41) is 9.33. The van der Waals surface area contributed by atoms with Gasteiger partial charge in [0.05, 0.1) is 5.54 Å². The number of likely N-dealkylation sites (tertiary alicyclic amines) is 1. The first-order valence-electron chi connectivity index (χ1n) is 7.24. The van der Waals surface area contributed by atoms with Gasteiger partial charge in [0, 0.05) is 17.2 Å². The number of nitrogens with zero attached hydrogens (tertiary/aromatic N) is 2. The minimum absolute atomic E-state index is 0.177. The molecular weight excluding hydrogens is 393 g/mol. The minimum atomic E-state index is -4.66. The second-order valence-electron chi connectivity index (χ2n) is 6.75. The lowest BCUT2D eigenvalue weighted by Crippen LogP contribution is -2.70.